The van der Waals surface area contributed by atoms with E-state index in [0.717, 1.165) is 45.8 Å². The first-order valence-corrected chi connectivity index (χ1v) is 10.9. The Kier molecular flexibility index (Phi) is 7.61. The van der Waals surface area contributed by atoms with Crippen LogP contribution in [-0.4, -0.2) is 49.9 Å². The maximum absolute atomic E-state index is 11.7. The van der Waals surface area contributed by atoms with Crippen molar-refractivity contribution in [3.05, 3.63) is 52.0 Å². The molecule has 2 atom stereocenters. The molecule has 1 aliphatic heterocycles. The van der Waals surface area contributed by atoms with E-state index in [9.17, 15) is 9.90 Å². The molecule has 0 amide bonds. The van der Waals surface area contributed by atoms with E-state index in [-0.39, 0.29) is 6.04 Å². The number of halogens is 1. The molecule has 0 saturated carbocycles. The third kappa shape index (κ3) is 4.90. The highest BCUT2D eigenvalue weighted by atomic mass is 79.9. The second kappa shape index (κ2) is 10.2. The Bertz CT molecular complexity index is 888. The molecule has 0 bridgehead atoms. The number of methoxy groups -OCH3 is 2. The van der Waals surface area contributed by atoms with Crippen LogP contribution in [0.5, 0.6) is 17.2 Å². The SMILES string of the molecule is CCOc1ccc(Br)cc1C(c1cc(OC)ccc1OC)N1CCCC(C(=O)O)C1. The summed E-state index contributed by atoms with van der Waals surface area (Å²) in [6.07, 6.45) is 1.50. The monoisotopic (exact) mass is 477 g/mol. The lowest BCUT2D eigenvalue weighted by atomic mass is 9.90. The average Bonchev–Trinajstić information content (AvgIpc) is 2.76. The number of aliphatic carboxylic acids is 1. The summed E-state index contributed by atoms with van der Waals surface area (Å²) < 4.78 is 18.1. The second-order valence-corrected chi connectivity index (χ2v) is 8.21. The normalized spacial score (nSPS) is 17.9. The van der Waals surface area contributed by atoms with Gasteiger partial charge in [-0.15, -0.1) is 0 Å². The predicted octanol–water partition coefficient (Wildman–Crippen LogP) is 4.75. The van der Waals surface area contributed by atoms with Crippen LogP contribution in [0.4, 0.5) is 0 Å². The summed E-state index contributed by atoms with van der Waals surface area (Å²) >= 11 is 3.59. The molecule has 2 unspecified atom stereocenters. The standard InChI is InChI=1S/C23H28BrNO5/c1-4-30-21-9-7-16(24)12-18(21)22(25-11-5-6-15(14-25)23(26)27)19-13-17(28-2)8-10-20(19)29-3/h7-10,12-13,15,22H,4-6,11,14H2,1-3H3,(H,26,27). The van der Waals surface area contributed by atoms with Gasteiger partial charge in [0.1, 0.15) is 17.2 Å². The lowest BCUT2D eigenvalue weighted by Gasteiger charge is -2.38. The highest BCUT2D eigenvalue weighted by Gasteiger charge is 2.34. The van der Waals surface area contributed by atoms with Crippen LogP contribution in [-0.2, 0) is 4.79 Å². The van der Waals surface area contributed by atoms with Crippen molar-refractivity contribution < 1.29 is 24.1 Å². The Morgan fingerprint density at radius 2 is 1.90 bits per heavy atom. The lowest BCUT2D eigenvalue weighted by molar-refractivity contribution is -0.143. The zero-order valence-corrected chi connectivity index (χ0v) is 19.1. The molecule has 1 N–H and O–H groups in total. The van der Waals surface area contributed by atoms with Gasteiger partial charge in [-0.3, -0.25) is 9.69 Å². The van der Waals surface area contributed by atoms with Crippen LogP contribution in [0.25, 0.3) is 0 Å². The Hall–Kier alpha value is -2.25. The van der Waals surface area contributed by atoms with Crippen LogP contribution in [0.3, 0.4) is 0 Å². The molecule has 1 aliphatic rings. The van der Waals surface area contributed by atoms with Crippen LogP contribution >= 0.6 is 15.9 Å². The molecule has 30 heavy (non-hydrogen) atoms. The summed E-state index contributed by atoms with van der Waals surface area (Å²) in [5.41, 5.74) is 1.88. The van der Waals surface area contributed by atoms with Crippen molar-refractivity contribution in [1.29, 1.82) is 0 Å². The molecule has 7 heteroatoms. The number of carboxylic acid groups (broad SMARTS) is 1. The van der Waals surface area contributed by atoms with Crippen LogP contribution in [0.2, 0.25) is 0 Å². The smallest absolute Gasteiger partial charge is 0.307 e. The van der Waals surface area contributed by atoms with Crippen LogP contribution < -0.4 is 14.2 Å². The molecular weight excluding hydrogens is 450 g/mol. The third-order valence-electron chi connectivity index (χ3n) is 5.46. The third-order valence-corrected chi connectivity index (χ3v) is 5.96. The largest absolute Gasteiger partial charge is 0.497 e. The Labute approximate surface area is 185 Å². The summed E-state index contributed by atoms with van der Waals surface area (Å²) in [5, 5.41) is 9.64. The number of rotatable bonds is 8. The predicted molar refractivity (Wildman–Crippen MR) is 119 cm³/mol. The van der Waals surface area contributed by atoms with Gasteiger partial charge >= 0.3 is 5.97 Å². The number of likely N-dealkylation sites (tertiary alicyclic amines) is 1. The number of carboxylic acids is 1. The van der Waals surface area contributed by atoms with E-state index in [4.69, 9.17) is 14.2 Å². The molecule has 1 saturated heterocycles. The number of hydrogen-bond donors (Lipinski definition) is 1. The van der Waals surface area contributed by atoms with Gasteiger partial charge < -0.3 is 19.3 Å². The van der Waals surface area contributed by atoms with Gasteiger partial charge in [-0.2, -0.15) is 0 Å². The molecule has 2 aromatic carbocycles. The van der Waals surface area contributed by atoms with Gasteiger partial charge in [0.15, 0.2) is 0 Å². The fourth-order valence-corrected chi connectivity index (χ4v) is 4.46. The van der Waals surface area contributed by atoms with Gasteiger partial charge in [-0.25, -0.2) is 0 Å². The quantitative estimate of drug-likeness (QED) is 0.591. The summed E-state index contributed by atoms with van der Waals surface area (Å²) in [6.45, 7) is 3.73. The van der Waals surface area contributed by atoms with E-state index >= 15 is 0 Å². The van der Waals surface area contributed by atoms with Gasteiger partial charge in [0.2, 0.25) is 0 Å². The number of carbonyl (C=O) groups is 1. The number of nitrogens with zero attached hydrogens (tertiary/aromatic N) is 1. The van der Waals surface area contributed by atoms with Crippen molar-refractivity contribution in [2.24, 2.45) is 5.92 Å². The number of ether oxygens (including phenoxy) is 3. The molecule has 1 heterocycles. The van der Waals surface area contributed by atoms with Gasteiger partial charge in [-0.05, 0) is 62.7 Å². The lowest BCUT2D eigenvalue weighted by Crippen LogP contribution is -2.41. The molecule has 0 spiro atoms. The van der Waals surface area contributed by atoms with Crippen molar-refractivity contribution in [3.63, 3.8) is 0 Å². The summed E-state index contributed by atoms with van der Waals surface area (Å²) in [4.78, 5) is 14.0. The van der Waals surface area contributed by atoms with E-state index in [1.807, 2.05) is 43.3 Å². The van der Waals surface area contributed by atoms with E-state index < -0.39 is 11.9 Å². The molecule has 162 valence electrons. The molecular formula is C23H28BrNO5. The van der Waals surface area contributed by atoms with E-state index in [1.165, 1.54) is 0 Å². The van der Waals surface area contributed by atoms with E-state index in [2.05, 4.69) is 20.8 Å². The highest BCUT2D eigenvalue weighted by Crippen LogP contribution is 2.43. The van der Waals surface area contributed by atoms with Gasteiger partial charge in [-0.1, -0.05) is 15.9 Å². The second-order valence-electron chi connectivity index (χ2n) is 7.30. The fraction of sp³-hybridized carbons (Fsp3) is 0.435. The molecule has 0 radical (unpaired) electrons. The molecule has 2 aromatic rings. The van der Waals surface area contributed by atoms with Crippen molar-refractivity contribution in [3.8, 4) is 17.2 Å². The Morgan fingerprint density at radius 3 is 2.57 bits per heavy atom. The van der Waals surface area contributed by atoms with Crippen molar-refractivity contribution in [2.45, 2.75) is 25.8 Å². The minimum atomic E-state index is -0.754. The number of hydrogen-bond acceptors (Lipinski definition) is 5. The molecule has 1 fully saturated rings. The maximum atomic E-state index is 11.7. The minimum absolute atomic E-state index is 0.240. The summed E-state index contributed by atoms with van der Waals surface area (Å²) in [6, 6.07) is 11.4. The Morgan fingerprint density at radius 1 is 1.17 bits per heavy atom. The first-order chi connectivity index (χ1) is 14.5. The minimum Gasteiger partial charge on any atom is -0.497 e. The Balaban J connectivity index is 2.18. The maximum Gasteiger partial charge on any atom is 0.307 e. The van der Waals surface area contributed by atoms with Crippen molar-refractivity contribution in [1.82, 2.24) is 4.90 Å². The first-order valence-electron chi connectivity index (χ1n) is 10.1. The molecule has 0 aliphatic carbocycles. The van der Waals surface area contributed by atoms with Crippen LogP contribution in [0.15, 0.2) is 40.9 Å². The molecule has 6 nitrogen and oxygen atoms in total. The van der Waals surface area contributed by atoms with Crippen molar-refractivity contribution >= 4 is 21.9 Å². The fourth-order valence-electron chi connectivity index (χ4n) is 4.08. The zero-order chi connectivity index (χ0) is 21.7. The zero-order valence-electron chi connectivity index (χ0n) is 17.6. The van der Waals surface area contributed by atoms with Gasteiger partial charge in [0.05, 0.1) is 32.8 Å². The van der Waals surface area contributed by atoms with Crippen LogP contribution in [0.1, 0.15) is 36.9 Å². The topological polar surface area (TPSA) is 68.2 Å². The number of benzene rings is 2. The summed E-state index contributed by atoms with van der Waals surface area (Å²) in [5.74, 6) is 1.06. The number of piperidine rings is 1. The average molecular weight is 478 g/mol. The van der Waals surface area contributed by atoms with Gasteiger partial charge in [0, 0.05) is 22.1 Å². The first kappa shape index (κ1) is 22.4. The molecule has 3 rings (SSSR count). The summed E-state index contributed by atoms with van der Waals surface area (Å²) in [7, 11) is 3.27. The van der Waals surface area contributed by atoms with Crippen LogP contribution in [0, 0.1) is 5.92 Å². The highest BCUT2D eigenvalue weighted by molar-refractivity contribution is 9.10. The van der Waals surface area contributed by atoms with E-state index in [1.54, 1.807) is 14.2 Å². The van der Waals surface area contributed by atoms with Crippen molar-refractivity contribution in [2.75, 3.05) is 33.9 Å². The van der Waals surface area contributed by atoms with E-state index in [0.29, 0.717) is 19.6 Å². The molecule has 0 aromatic heterocycles. The van der Waals surface area contributed by atoms with Gasteiger partial charge in [0.25, 0.3) is 0 Å².